The van der Waals surface area contributed by atoms with E-state index in [2.05, 4.69) is 46.6 Å². The monoisotopic (exact) mass is 376 g/mol. The molecule has 0 aliphatic carbocycles. The van der Waals surface area contributed by atoms with Crippen molar-refractivity contribution in [2.75, 3.05) is 32.7 Å². The molecule has 1 amide bonds. The summed E-state index contributed by atoms with van der Waals surface area (Å²) in [4.78, 5) is 15.3. The number of nitrogens with zero attached hydrogens (tertiary/aromatic N) is 4. The van der Waals surface area contributed by atoms with Gasteiger partial charge in [-0.3, -0.25) is 9.69 Å². The molecule has 3 rings (SSSR count). The van der Waals surface area contributed by atoms with E-state index in [0.717, 1.165) is 50.6 Å². The Morgan fingerprint density at radius 1 is 1.30 bits per heavy atom. The van der Waals surface area contributed by atoms with Gasteiger partial charge >= 0.3 is 0 Å². The summed E-state index contributed by atoms with van der Waals surface area (Å²) in [7, 11) is 0. The summed E-state index contributed by atoms with van der Waals surface area (Å²) < 4.78 is 1.94. The molecule has 2 saturated heterocycles. The Hall–Kier alpha value is -1.47. The van der Waals surface area contributed by atoms with E-state index in [1.54, 1.807) is 0 Å². The van der Waals surface area contributed by atoms with Crippen LogP contribution >= 0.6 is 0 Å². The Kier molecular flexibility index (Phi) is 6.52. The van der Waals surface area contributed by atoms with E-state index in [1.807, 2.05) is 11.6 Å². The van der Waals surface area contributed by atoms with Crippen LogP contribution in [-0.4, -0.2) is 64.1 Å². The fraction of sp³-hybridized carbons (Fsp3) is 0.850. The van der Waals surface area contributed by atoms with Gasteiger partial charge < -0.3 is 10.6 Å². The standard InChI is InChI=1S/C20H36N6O/c1-5-16-7-6-12-25(13-16)20(3,4)14-22-19(27)18-15(2)26(24-23-18)17-8-10-21-11-9-17/h16-17,21H,5-14H2,1-4H3,(H,22,27). The van der Waals surface area contributed by atoms with E-state index in [1.165, 1.54) is 19.3 Å². The molecule has 152 valence electrons. The van der Waals surface area contributed by atoms with Gasteiger partial charge in [-0.2, -0.15) is 0 Å². The first-order chi connectivity index (χ1) is 12.9. The van der Waals surface area contributed by atoms with Crippen molar-refractivity contribution < 1.29 is 4.79 Å². The number of aromatic nitrogens is 3. The van der Waals surface area contributed by atoms with Crippen LogP contribution in [0.5, 0.6) is 0 Å². The van der Waals surface area contributed by atoms with Crippen molar-refractivity contribution in [2.45, 2.75) is 71.4 Å². The highest BCUT2D eigenvalue weighted by molar-refractivity contribution is 5.93. The number of carbonyl (C=O) groups excluding carboxylic acids is 1. The van der Waals surface area contributed by atoms with Crippen LogP contribution in [0.3, 0.4) is 0 Å². The van der Waals surface area contributed by atoms with Crippen LogP contribution in [0.2, 0.25) is 0 Å². The van der Waals surface area contributed by atoms with Crippen LogP contribution in [-0.2, 0) is 0 Å². The summed E-state index contributed by atoms with van der Waals surface area (Å²) in [6.07, 6.45) is 5.88. The Balaban J connectivity index is 1.59. The summed E-state index contributed by atoms with van der Waals surface area (Å²) in [5, 5.41) is 15.0. The zero-order valence-electron chi connectivity index (χ0n) is 17.4. The highest BCUT2D eigenvalue weighted by Crippen LogP contribution is 2.25. The number of amides is 1. The molecule has 2 aliphatic rings. The van der Waals surface area contributed by atoms with E-state index in [9.17, 15) is 4.79 Å². The summed E-state index contributed by atoms with van der Waals surface area (Å²) >= 11 is 0. The SMILES string of the molecule is CCC1CCCN(C(C)(C)CNC(=O)c2nnn(C3CCNCC3)c2C)C1. The van der Waals surface area contributed by atoms with Crippen molar-refractivity contribution >= 4 is 5.91 Å². The number of piperidine rings is 2. The first-order valence-corrected chi connectivity index (χ1v) is 10.6. The lowest BCUT2D eigenvalue weighted by molar-refractivity contribution is 0.0610. The Labute approximate surface area is 163 Å². The third-order valence-electron chi connectivity index (χ3n) is 6.43. The van der Waals surface area contributed by atoms with Crippen LogP contribution in [0.4, 0.5) is 0 Å². The minimum atomic E-state index is -0.107. The van der Waals surface area contributed by atoms with Crippen molar-refractivity contribution in [3.05, 3.63) is 11.4 Å². The molecule has 7 nitrogen and oxygen atoms in total. The Bertz CT molecular complexity index is 634. The lowest BCUT2D eigenvalue weighted by atomic mass is 9.91. The fourth-order valence-corrected chi connectivity index (χ4v) is 4.39. The average Bonchev–Trinajstić information content (AvgIpc) is 3.08. The number of nitrogens with one attached hydrogen (secondary N) is 2. The van der Waals surface area contributed by atoms with Gasteiger partial charge in [0.25, 0.3) is 5.91 Å². The van der Waals surface area contributed by atoms with Gasteiger partial charge in [0.05, 0.1) is 11.7 Å². The molecule has 27 heavy (non-hydrogen) atoms. The molecule has 0 spiro atoms. The van der Waals surface area contributed by atoms with E-state index in [0.29, 0.717) is 18.3 Å². The van der Waals surface area contributed by atoms with Crippen LogP contribution in [0.15, 0.2) is 0 Å². The molecule has 1 unspecified atom stereocenters. The minimum Gasteiger partial charge on any atom is -0.349 e. The van der Waals surface area contributed by atoms with E-state index in [-0.39, 0.29) is 11.4 Å². The maximum atomic E-state index is 12.8. The first kappa shape index (κ1) is 20.3. The maximum Gasteiger partial charge on any atom is 0.273 e. The number of likely N-dealkylation sites (tertiary alicyclic amines) is 1. The van der Waals surface area contributed by atoms with Gasteiger partial charge in [-0.1, -0.05) is 18.6 Å². The van der Waals surface area contributed by atoms with Crippen molar-refractivity contribution in [1.82, 2.24) is 30.5 Å². The Morgan fingerprint density at radius 3 is 2.74 bits per heavy atom. The van der Waals surface area contributed by atoms with Gasteiger partial charge in [-0.05, 0) is 72.0 Å². The van der Waals surface area contributed by atoms with Crippen LogP contribution in [0.25, 0.3) is 0 Å². The molecular formula is C20H36N6O. The summed E-state index contributed by atoms with van der Waals surface area (Å²) in [6.45, 7) is 13.5. The second kappa shape index (κ2) is 8.69. The van der Waals surface area contributed by atoms with Crippen LogP contribution < -0.4 is 10.6 Å². The van der Waals surface area contributed by atoms with Crippen molar-refractivity contribution in [2.24, 2.45) is 5.92 Å². The predicted octanol–water partition coefficient (Wildman–Crippen LogP) is 2.14. The summed E-state index contributed by atoms with van der Waals surface area (Å²) in [5.41, 5.74) is 1.29. The second-order valence-electron chi connectivity index (χ2n) is 8.81. The van der Waals surface area contributed by atoms with Crippen LogP contribution in [0.1, 0.15) is 75.1 Å². The molecule has 0 bridgehead atoms. The molecule has 0 saturated carbocycles. The number of carbonyl (C=O) groups is 1. The molecule has 1 aromatic rings. The molecule has 1 aromatic heterocycles. The molecule has 2 fully saturated rings. The average molecular weight is 377 g/mol. The van der Waals surface area contributed by atoms with Gasteiger partial charge in [0, 0.05) is 18.6 Å². The highest BCUT2D eigenvalue weighted by atomic mass is 16.2. The zero-order valence-corrected chi connectivity index (χ0v) is 17.4. The fourth-order valence-electron chi connectivity index (χ4n) is 4.39. The highest BCUT2D eigenvalue weighted by Gasteiger charge is 2.32. The van der Waals surface area contributed by atoms with Gasteiger partial charge in [-0.15, -0.1) is 5.10 Å². The molecule has 3 heterocycles. The largest absolute Gasteiger partial charge is 0.349 e. The van der Waals surface area contributed by atoms with Crippen molar-refractivity contribution in [3.8, 4) is 0 Å². The molecule has 7 heteroatoms. The summed E-state index contributed by atoms with van der Waals surface area (Å²) in [5.74, 6) is 0.672. The van der Waals surface area contributed by atoms with E-state index < -0.39 is 0 Å². The van der Waals surface area contributed by atoms with Crippen molar-refractivity contribution in [3.63, 3.8) is 0 Å². The van der Waals surface area contributed by atoms with E-state index in [4.69, 9.17) is 0 Å². The third kappa shape index (κ3) is 4.69. The van der Waals surface area contributed by atoms with Crippen molar-refractivity contribution in [1.29, 1.82) is 0 Å². The topological polar surface area (TPSA) is 75.1 Å². The smallest absolute Gasteiger partial charge is 0.273 e. The lowest BCUT2D eigenvalue weighted by Gasteiger charge is -2.43. The molecule has 2 aliphatic heterocycles. The normalized spacial score (nSPS) is 22.7. The molecule has 1 atom stereocenters. The quantitative estimate of drug-likeness (QED) is 0.796. The lowest BCUT2D eigenvalue weighted by Crippen LogP contribution is -2.54. The molecular weight excluding hydrogens is 340 g/mol. The maximum absolute atomic E-state index is 12.8. The van der Waals surface area contributed by atoms with Gasteiger partial charge in [0.2, 0.25) is 0 Å². The van der Waals surface area contributed by atoms with Gasteiger partial charge in [0.1, 0.15) is 0 Å². The van der Waals surface area contributed by atoms with Gasteiger partial charge in [-0.25, -0.2) is 4.68 Å². The number of hydrogen-bond donors (Lipinski definition) is 2. The zero-order chi connectivity index (χ0) is 19.4. The number of hydrogen-bond acceptors (Lipinski definition) is 5. The minimum absolute atomic E-state index is 0.0531. The molecule has 0 radical (unpaired) electrons. The summed E-state index contributed by atoms with van der Waals surface area (Å²) in [6, 6.07) is 0.344. The molecule has 2 N–H and O–H groups in total. The Morgan fingerprint density at radius 2 is 2.04 bits per heavy atom. The number of rotatable bonds is 6. The van der Waals surface area contributed by atoms with Crippen LogP contribution in [0, 0.1) is 12.8 Å². The van der Waals surface area contributed by atoms with Gasteiger partial charge in [0.15, 0.2) is 5.69 Å². The molecule has 0 aromatic carbocycles. The third-order valence-corrected chi connectivity index (χ3v) is 6.43. The first-order valence-electron chi connectivity index (χ1n) is 10.6. The van der Waals surface area contributed by atoms with E-state index >= 15 is 0 Å². The second-order valence-corrected chi connectivity index (χ2v) is 8.81. The predicted molar refractivity (Wildman–Crippen MR) is 107 cm³/mol.